The molecule has 3 nitrogen and oxygen atoms in total. The smallest absolute Gasteiger partial charge is 0.121 e. The number of benzene rings is 1. The van der Waals surface area contributed by atoms with Crippen molar-refractivity contribution in [2.24, 2.45) is 11.1 Å². The van der Waals surface area contributed by atoms with E-state index in [1.165, 1.54) is 11.1 Å². The molecule has 0 saturated heterocycles. The Morgan fingerprint density at radius 3 is 2.61 bits per heavy atom. The van der Waals surface area contributed by atoms with Gasteiger partial charge in [0.15, 0.2) is 0 Å². The van der Waals surface area contributed by atoms with Crippen LogP contribution in [-0.2, 0) is 6.54 Å². The maximum Gasteiger partial charge on any atom is 0.121 e. The Morgan fingerprint density at radius 2 is 2.06 bits per heavy atom. The molecule has 102 valence electrons. The van der Waals surface area contributed by atoms with Crippen LogP contribution >= 0.6 is 0 Å². The molecule has 3 heteroatoms. The zero-order valence-corrected chi connectivity index (χ0v) is 12.0. The fourth-order valence-corrected chi connectivity index (χ4v) is 1.81. The van der Waals surface area contributed by atoms with Gasteiger partial charge in [0.2, 0.25) is 0 Å². The van der Waals surface area contributed by atoms with Gasteiger partial charge in [-0.05, 0) is 49.0 Å². The minimum absolute atomic E-state index is 0.225. The van der Waals surface area contributed by atoms with Crippen LogP contribution in [0.15, 0.2) is 18.2 Å². The number of ether oxygens (including phenoxy) is 1. The Morgan fingerprint density at radius 1 is 1.33 bits per heavy atom. The normalized spacial score (nSPS) is 11.6. The first-order chi connectivity index (χ1) is 8.48. The van der Waals surface area contributed by atoms with Gasteiger partial charge in [0.25, 0.3) is 0 Å². The van der Waals surface area contributed by atoms with Crippen LogP contribution in [0.2, 0.25) is 0 Å². The Hall–Kier alpha value is -1.06. The largest absolute Gasteiger partial charge is 0.496 e. The van der Waals surface area contributed by atoms with Crippen molar-refractivity contribution in [3.05, 3.63) is 29.3 Å². The van der Waals surface area contributed by atoms with Gasteiger partial charge in [-0.15, -0.1) is 0 Å². The molecule has 0 saturated carbocycles. The van der Waals surface area contributed by atoms with Crippen LogP contribution < -0.4 is 15.8 Å². The minimum atomic E-state index is 0.225. The van der Waals surface area contributed by atoms with Gasteiger partial charge in [-0.3, -0.25) is 0 Å². The maximum absolute atomic E-state index is 5.71. The summed E-state index contributed by atoms with van der Waals surface area (Å²) in [4.78, 5) is 0. The molecule has 0 amide bonds. The Labute approximate surface area is 111 Å². The molecule has 0 aliphatic carbocycles. The summed E-state index contributed by atoms with van der Waals surface area (Å²) in [6.45, 7) is 9.09. The second-order valence-electron chi connectivity index (χ2n) is 5.60. The maximum atomic E-state index is 5.71. The highest BCUT2D eigenvalue weighted by Gasteiger charge is 2.14. The average molecular weight is 250 g/mol. The van der Waals surface area contributed by atoms with E-state index in [4.69, 9.17) is 10.5 Å². The van der Waals surface area contributed by atoms with E-state index in [2.05, 4.69) is 38.2 Å². The monoisotopic (exact) mass is 250 g/mol. The molecular weight excluding hydrogens is 224 g/mol. The van der Waals surface area contributed by atoms with Crippen molar-refractivity contribution in [3.63, 3.8) is 0 Å². The highest BCUT2D eigenvalue weighted by molar-refractivity contribution is 5.36. The van der Waals surface area contributed by atoms with Crippen LogP contribution in [0, 0.1) is 12.3 Å². The first-order valence-electron chi connectivity index (χ1n) is 6.53. The lowest BCUT2D eigenvalue weighted by Crippen LogP contribution is -2.28. The Kier molecular flexibility index (Phi) is 5.63. The molecular formula is C15H26N2O. The van der Waals surface area contributed by atoms with Gasteiger partial charge >= 0.3 is 0 Å². The second kappa shape index (κ2) is 6.76. The fraction of sp³-hybridized carbons (Fsp3) is 0.600. The van der Waals surface area contributed by atoms with Crippen LogP contribution in [-0.4, -0.2) is 20.2 Å². The Balaban J connectivity index is 2.38. The third-order valence-corrected chi connectivity index (χ3v) is 3.32. The van der Waals surface area contributed by atoms with Crippen molar-refractivity contribution in [3.8, 4) is 5.75 Å². The molecule has 0 bridgehead atoms. The molecule has 1 rings (SSSR count). The quantitative estimate of drug-likeness (QED) is 0.731. The molecule has 3 N–H and O–H groups in total. The molecule has 0 aliphatic rings. The first kappa shape index (κ1) is 15.0. The molecule has 0 heterocycles. The van der Waals surface area contributed by atoms with Crippen LogP contribution in [0.1, 0.15) is 31.4 Å². The van der Waals surface area contributed by atoms with Crippen molar-refractivity contribution in [1.29, 1.82) is 0 Å². The fourth-order valence-electron chi connectivity index (χ4n) is 1.81. The summed E-state index contributed by atoms with van der Waals surface area (Å²) in [6.07, 6.45) is 1.10. The summed E-state index contributed by atoms with van der Waals surface area (Å²) in [6, 6.07) is 6.29. The lowest BCUT2D eigenvalue weighted by molar-refractivity contribution is 0.339. The van der Waals surface area contributed by atoms with E-state index in [-0.39, 0.29) is 5.41 Å². The van der Waals surface area contributed by atoms with Crippen molar-refractivity contribution < 1.29 is 4.74 Å². The van der Waals surface area contributed by atoms with Crippen LogP contribution in [0.3, 0.4) is 0 Å². The first-order valence-corrected chi connectivity index (χ1v) is 6.53. The summed E-state index contributed by atoms with van der Waals surface area (Å²) >= 11 is 0. The molecule has 0 radical (unpaired) electrons. The van der Waals surface area contributed by atoms with Crippen molar-refractivity contribution in [2.75, 3.05) is 20.2 Å². The molecule has 0 aromatic heterocycles. The van der Waals surface area contributed by atoms with Gasteiger partial charge in [-0.25, -0.2) is 0 Å². The standard InChI is InChI=1S/C15H26N2O/c1-12-9-13(5-6-14(12)18-4)10-17-8-7-15(2,3)11-16/h5-6,9,17H,7-8,10-11,16H2,1-4H3. The van der Waals surface area contributed by atoms with E-state index < -0.39 is 0 Å². The number of rotatable bonds is 7. The van der Waals surface area contributed by atoms with Gasteiger partial charge in [-0.1, -0.05) is 26.0 Å². The van der Waals surface area contributed by atoms with E-state index in [1.807, 2.05) is 6.07 Å². The number of hydrogen-bond acceptors (Lipinski definition) is 3. The lowest BCUT2D eigenvalue weighted by Gasteiger charge is -2.22. The van der Waals surface area contributed by atoms with Gasteiger partial charge in [0, 0.05) is 6.54 Å². The van der Waals surface area contributed by atoms with E-state index in [9.17, 15) is 0 Å². The number of aryl methyl sites for hydroxylation is 1. The van der Waals surface area contributed by atoms with E-state index in [0.29, 0.717) is 0 Å². The third kappa shape index (κ3) is 4.67. The zero-order valence-electron chi connectivity index (χ0n) is 12.0. The third-order valence-electron chi connectivity index (χ3n) is 3.32. The van der Waals surface area contributed by atoms with Gasteiger partial charge in [0.1, 0.15) is 5.75 Å². The molecule has 1 aromatic rings. The molecule has 0 spiro atoms. The molecule has 1 aromatic carbocycles. The van der Waals surface area contributed by atoms with Crippen molar-refractivity contribution >= 4 is 0 Å². The van der Waals surface area contributed by atoms with Crippen molar-refractivity contribution in [2.45, 2.75) is 33.7 Å². The predicted molar refractivity (Wildman–Crippen MR) is 76.9 cm³/mol. The zero-order chi connectivity index (χ0) is 13.6. The molecule has 0 unspecified atom stereocenters. The van der Waals surface area contributed by atoms with Crippen LogP contribution in [0.25, 0.3) is 0 Å². The number of nitrogens with two attached hydrogens (primary N) is 1. The van der Waals surface area contributed by atoms with E-state index in [0.717, 1.165) is 31.8 Å². The van der Waals surface area contributed by atoms with E-state index >= 15 is 0 Å². The summed E-state index contributed by atoms with van der Waals surface area (Å²) in [5.41, 5.74) is 8.41. The van der Waals surface area contributed by atoms with Crippen LogP contribution in [0.4, 0.5) is 0 Å². The van der Waals surface area contributed by atoms with Gasteiger partial charge in [0.05, 0.1) is 7.11 Å². The average Bonchev–Trinajstić information content (AvgIpc) is 2.35. The number of nitrogens with one attached hydrogen (secondary N) is 1. The number of hydrogen-bond donors (Lipinski definition) is 2. The predicted octanol–water partition coefficient (Wildman–Crippen LogP) is 2.47. The minimum Gasteiger partial charge on any atom is -0.496 e. The molecule has 0 fully saturated rings. The highest BCUT2D eigenvalue weighted by Crippen LogP contribution is 2.19. The molecule has 0 atom stereocenters. The summed E-state index contributed by atoms with van der Waals surface area (Å²) in [5, 5.41) is 3.46. The van der Waals surface area contributed by atoms with E-state index in [1.54, 1.807) is 7.11 Å². The summed E-state index contributed by atoms with van der Waals surface area (Å²) in [5.74, 6) is 0.947. The van der Waals surface area contributed by atoms with Crippen LogP contribution in [0.5, 0.6) is 5.75 Å². The molecule has 0 aliphatic heterocycles. The lowest BCUT2D eigenvalue weighted by atomic mass is 9.90. The van der Waals surface area contributed by atoms with Gasteiger partial charge < -0.3 is 15.8 Å². The highest BCUT2D eigenvalue weighted by atomic mass is 16.5. The Bertz CT molecular complexity index is 375. The molecule has 18 heavy (non-hydrogen) atoms. The topological polar surface area (TPSA) is 47.3 Å². The number of methoxy groups -OCH3 is 1. The summed E-state index contributed by atoms with van der Waals surface area (Å²) < 4.78 is 5.25. The summed E-state index contributed by atoms with van der Waals surface area (Å²) in [7, 11) is 1.70. The van der Waals surface area contributed by atoms with Gasteiger partial charge in [-0.2, -0.15) is 0 Å². The SMILES string of the molecule is COc1ccc(CNCCC(C)(C)CN)cc1C. The van der Waals surface area contributed by atoms with Crippen molar-refractivity contribution in [1.82, 2.24) is 5.32 Å². The second-order valence-corrected chi connectivity index (χ2v) is 5.60.